The first-order valence-electron chi connectivity index (χ1n) is 3.93. The molecule has 0 radical (unpaired) electrons. The minimum absolute atomic E-state index is 0.0102. The van der Waals surface area contributed by atoms with Crippen molar-refractivity contribution in [2.45, 2.75) is 0 Å². The van der Waals surface area contributed by atoms with Gasteiger partial charge < -0.3 is 0 Å². The van der Waals surface area contributed by atoms with Crippen LogP contribution >= 0.6 is 12.2 Å². The zero-order chi connectivity index (χ0) is 10.8. The number of nitro groups is 1. The topological polar surface area (TPSA) is 89.6 Å². The van der Waals surface area contributed by atoms with Crippen LogP contribution in [-0.2, 0) is 0 Å². The Balaban J connectivity index is 2.55. The number of non-ortho nitro benzene ring substituents is 1. The highest BCUT2D eigenvalue weighted by Gasteiger charge is 2.07. The Hall–Kier alpha value is -2.09. The van der Waals surface area contributed by atoms with Gasteiger partial charge in [0, 0.05) is 12.1 Å². The monoisotopic (exact) mass is 223 g/mol. The predicted molar refractivity (Wildman–Crippen MR) is 53.2 cm³/mol. The Morgan fingerprint density at radius 1 is 1.53 bits per heavy atom. The van der Waals surface area contributed by atoms with Gasteiger partial charge in [-0.15, -0.1) is 0 Å². The van der Waals surface area contributed by atoms with Crippen LogP contribution in [0.5, 0.6) is 0 Å². The maximum Gasteiger partial charge on any atom is 0.271 e. The molecule has 76 valence electrons. The van der Waals surface area contributed by atoms with E-state index in [2.05, 4.69) is 15.5 Å². The number of hydrogen-bond acceptors (Lipinski definition) is 5. The normalized spacial score (nSPS) is 10.1. The van der Waals surface area contributed by atoms with Crippen molar-refractivity contribution in [1.29, 1.82) is 0 Å². The fraction of sp³-hybridized carbons (Fsp3) is 0. The van der Waals surface area contributed by atoms with E-state index in [-0.39, 0.29) is 10.5 Å². The lowest BCUT2D eigenvalue weighted by Crippen LogP contribution is -1.98. The third-order valence-electron chi connectivity index (χ3n) is 1.77. The van der Waals surface area contributed by atoms with Crippen molar-refractivity contribution in [1.82, 2.24) is 20.2 Å². The minimum Gasteiger partial charge on any atom is -0.258 e. The van der Waals surface area contributed by atoms with Crippen LogP contribution in [0.1, 0.15) is 0 Å². The number of hydrogen-bond donors (Lipinski definition) is 1. The van der Waals surface area contributed by atoms with Crippen molar-refractivity contribution in [2.75, 3.05) is 0 Å². The summed E-state index contributed by atoms with van der Waals surface area (Å²) >= 11 is 4.86. The van der Waals surface area contributed by atoms with Crippen molar-refractivity contribution < 1.29 is 4.92 Å². The largest absolute Gasteiger partial charge is 0.271 e. The summed E-state index contributed by atoms with van der Waals surface area (Å²) in [5.41, 5.74) is 0.517. The summed E-state index contributed by atoms with van der Waals surface area (Å²) in [6, 6.07) is 6.02. The van der Waals surface area contributed by atoms with Gasteiger partial charge in [0.05, 0.1) is 10.6 Å². The fourth-order valence-electron chi connectivity index (χ4n) is 1.11. The molecule has 2 rings (SSSR count). The van der Waals surface area contributed by atoms with Crippen molar-refractivity contribution in [2.24, 2.45) is 0 Å². The molecule has 1 heterocycles. The number of rotatable bonds is 2. The summed E-state index contributed by atoms with van der Waals surface area (Å²) in [5, 5.41) is 20.1. The molecule has 8 heteroatoms. The summed E-state index contributed by atoms with van der Waals surface area (Å²) in [6.45, 7) is 0. The maximum atomic E-state index is 10.5. The molecule has 1 N–H and O–H groups in total. The summed E-state index contributed by atoms with van der Waals surface area (Å²) < 4.78 is 1.60. The first-order chi connectivity index (χ1) is 7.18. The average molecular weight is 223 g/mol. The molecule has 7 nitrogen and oxygen atoms in total. The van der Waals surface area contributed by atoms with Gasteiger partial charge in [-0.1, -0.05) is 16.4 Å². The summed E-state index contributed by atoms with van der Waals surface area (Å²) in [5.74, 6) is 0. The van der Waals surface area contributed by atoms with Gasteiger partial charge >= 0.3 is 0 Å². The van der Waals surface area contributed by atoms with E-state index >= 15 is 0 Å². The van der Waals surface area contributed by atoms with Crippen LogP contribution in [0.4, 0.5) is 5.69 Å². The van der Waals surface area contributed by atoms with Gasteiger partial charge in [-0.25, -0.2) is 4.68 Å². The molecule has 0 aliphatic carbocycles. The van der Waals surface area contributed by atoms with Crippen LogP contribution in [-0.4, -0.2) is 25.1 Å². The molecule has 0 atom stereocenters. The highest BCUT2D eigenvalue weighted by atomic mass is 32.1. The van der Waals surface area contributed by atoms with Gasteiger partial charge in [-0.2, -0.15) is 5.21 Å². The number of aromatic nitrogens is 4. The summed E-state index contributed by atoms with van der Waals surface area (Å²) in [7, 11) is 0. The van der Waals surface area contributed by atoms with E-state index in [4.69, 9.17) is 12.2 Å². The highest BCUT2D eigenvalue weighted by Crippen LogP contribution is 2.15. The third-order valence-corrected chi connectivity index (χ3v) is 2.03. The fourth-order valence-corrected chi connectivity index (χ4v) is 1.30. The van der Waals surface area contributed by atoms with Gasteiger partial charge in [0.25, 0.3) is 5.69 Å². The second kappa shape index (κ2) is 3.58. The van der Waals surface area contributed by atoms with E-state index in [1.165, 1.54) is 16.8 Å². The zero-order valence-corrected chi connectivity index (χ0v) is 8.14. The van der Waals surface area contributed by atoms with Gasteiger partial charge in [0.15, 0.2) is 0 Å². The Kier molecular flexibility index (Phi) is 2.26. The predicted octanol–water partition coefficient (Wildman–Crippen LogP) is 1.23. The lowest BCUT2D eigenvalue weighted by molar-refractivity contribution is -0.384. The second-order valence-corrected chi connectivity index (χ2v) is 3.06. The van der Waals surface area contributed by atoms with Crippen LogP contribution in [0.3, 0.4) is 0 Å². The molecule has 0 aliphatic heterocycles. The Morgan fingerprint density at radius 3 is 2.93 bits per heavy atom. The number of nitrogens with one attached hydrogen (secondary N) is 1. The molecule has 0 amide bonds. The quantitative estimate of drug-likeness (QED) is 0.470. The summed E-state index contributed by atoms with van der Waals surface area (Å²) in [6.07, 6.45) is 0. The maximum absolute atomic E-state index is 10.5. The Labute approximate surface area is 88.5 Å². The van der Waals surface area contributed by atoms with Crippen molar-refractivity contribution in [3.05, 3.63) is 39.2 Å². The molecule has 0 spiro atoms. The van der Waals surface area contributed by atoms with E-state index in [0.717, 1.165) is 0 Å². The van der Waals surface area contributed by atoms with Crippen molar-refractivity contribution >= 4 is 17.9 Å². The smallest absolute Gasteiger partial charge is 0.258 e. The minimum atomic E-state index is -0.475. The highest BCUT2D eigenvalue weighted by molar-refractivity contribution is 7.71. The molecule has 0 unspecified atom stereocenters. The number of tetrazole rings is 1. The van der Waals surface area contributed by atoms with Crippen LogP contribution in [0.2, 0.25) is 0 Å². The number of benzene rings is 1. The lowest BCUT2D eigenvalue weighted by atomic mass is 10.3. The van der Waals surface area contributed by atoms with Gasteiger partial charge in [-0.05, 0) is 18.3 Å². The molecule has 0 bridgehead atoms. The third kappa shape index (κ3) is 1.74. The zero-order valence-electron chi connectivity index (χ0n) is 7.32. The number of nitrogens with zero attached hydrogens (tertiary/aromatic N) is 4. The lowest BCUT2D eigenvalue weighted by Gasteiger charge is -1.99. The van der Waals surface area contributed by atoms with Crippen LogP contribution in [0.25, 0.3) is 5.69 Å². The Bertz CT molecular complexity index is 560. The Morgan fingerprint density at radius 2 is 2.33 bits per heavy atom. The molecule has 0 saturated carbocycles. The van der Waals surface area contributed by atoms with Crippen molar-refractivity contribution in [3.63, 3.8) is 0 Å². The molecule has 1 aromatic heterocycles. The van der Waals surface area contributed by atoms with Crippen LogP contribution in [0, 0.1) is 14.9 Å². The molecular formula is C7H5N5O2S. The number of nitro benzene ring substituents is 1. The number of H-pyrrole nitrogens is 1. The molecule has 2 aromatic rings. The average Bonchev–Trinajstić information content (AvgIpc) is 2.64. The molecular weight excluding hydrogens is 218 g/mol. The SMILES string of the molecule is O=[N+]([O-])c1cccc(-n2[nH]nnc2=S)c1. The molecule has 0 fully saturated rings. The van der Waals surface area contributed by atoms with Gasteiger partial charge in [-0.3, -0.25) is 10.1 Å². The van der Waals surface area contributed by atoms with Gasteiger partial charge in [0.1, 0.15) is 0 Å². The molecule has 1 aromatic carbocycles. The second-order valence-electron chi connectivity index (χ2n) is 2.69. The first-order valence-corrected chi connectivity index (χ1v) is 4.34. The van der Waals surface area contributed by atoms with E-state index in [0.29, 0.717) is 5.69 Å². The molecule has 0 saturated heterocycles. The first kappa shape index (κ1) is 9.46. The van der Waals surface area contributed by atoms with E-state index in [9.17, 15) is 10.1 Å². The van der Waals surface area contributed by atoms with E-state index in [1.54, 1.807) is 12.1 Å². The van der Waals surface area contributed by atoms with Crippen LogP contribution in [0.15, 0.2) is 24.3 Å². The number of aromatic amines is 1. The van der Waals surface area contributed by atoms with E-state index < -0.39 is 4.92 Å². The van der Waals surface area contributed by atoms with Gasteiger partial charge in [0.2, 0.25) is 4.77 Å². The molecule has 0 aliphatic rings. The van der Waals surface area contributed by atoms with Crippen molar-refractivity contribution in [3.8, 4) is 5.69 Å². The molecule has 15 heavy (non-hydrogen) atoms. The van der Waals surface area contributed by atoms with E-state index in [1.807, 2.05) is 0 Å². The van der Waals surface area contributed by atoms with Crippen LogP contribution < -0.4 is 0 Å². The summed E-state index contributed by atoms with van der Waals surface area (Å²) in [4.78, 5) is 10.1. The standard InChI is InChI=1S/C7H5N5O2S/c13-12(14)6-3-1-2-5(4-6)11-7(15)8-9-10-11/h1-4H,(H,8,10,15).